The minimum Gasteiger partial charge on any atom is -0.466 e. The molecule has 0 radical (unpaired) electrons. The highest BCUT2D eigenvalue weighted by atomic mass is 79.9. The molecule has 106 valence electrons. The van der Waals surface area contributed by atoms with Crippen LogP contribution in [0.15, 0.2) is 12.1 Å². The zero-order chi connectivity index (χ0) is 14.4. The van der Waals surface area contributed by atoms with Gasteiger partial charge in [-0.3, -0.25) is 4.79 Å². The Bertz CT molecular complexity index is 452. The summed E-state index contributed by atoms with van der Waals surface area (Å²) in [4.78, 5) is 11.4. The molecule has 0 amide bonds. The number of hydrogen-bond donors (Lipinski definition) is 0. The molecule has 1 aromatic carbocycles. The molecule has 0 aliphatic carbocycles. The van der Waals surface area contributed by atoms with E-state index in [0.717, 1.165) is 12.1 Å². The highest BCUT2D eigenvalue weighted by molar-refractivity contribution is 9.08. The third-order valence-corrected chi connectivity index (χ3v) is 2.86. The average molecular weight is 341 g/mol. The topological polar surface area (TPSA) is 35.5 Å². The van der Waals surface area contributed by atoms with Crippen molar-refractivity contribution >= 4 is 21.9 Å². The van der Waals surface area contributed by atoms with Gasteiger partial charge in [0.05, 0.1) is 13.0 Å². The molecule has 1 aromatic rings. The first-order valence-corrected chi connectivity index (χ1v) is 6.57. The lowest BCUT2D eigenvalue weighted by atomic mass is 10.0. The van der Waals surface area contributed by atoms with Crippen LogP contribution in [0.1, 0.15) is 18.1 Å². The maximum atomic E-state index is 13.3. The van der Waals surface area contributed by atoms with Crippen LogP contribution in [0.25, 0.3) is 0 Å². The van der Waals surface area contributed by atoms with Gasteiger partial charge in [-0.25, -0.2) is 4.39 Å². The van der Waals surface area contributed by atoms with Crippen molar-refractivity contribution in [2.24, 2.45) is 0 Å². The summed E-state index contributed by atoms with van der Waals surface area (Å²) >= 11 is 3.11. The number of carbonyl (C=O) groups is 1. The van der Waals surface area contributed by atoms with Crippen LogP contribution in [0.2, 0.25) is 0 Å². The number of benzene rings is 1. The second-order valence-electron chi connectivity index (χ2n) is 3.54. The van der Waals surface area contributed by atoms with Gasteiger partial charge in [0, 0.05) is 17.0 Å². The molecule has 0 fully saturated rings. The zero-order valence-electron chi connectivity index (χ0n) is 10.1. The fourth-order valence-electron chi connectivity index (χ4n) is 1.54. The molecule has 0 spiro atoms. The van der Waals surface area contributed by atoms with E-state index in [2.05, 4.69) is 20.7 Å². The minimum absolute atomic E-state index is 0.175. The first-order valence-electron chi connectivity index (χ1n) is 5.45. The van der Waals surface area contributed by atoms with Gasteiger partial charge >= 0.3 is 12.6 Å². The molecule has 0 N–H and O–H groups in total. The van der Waals surface area contributed by atoms with Crippen LogP contribution in [0, 0.1) is 5.82 Å². The van der Waals surface area contributed by atoms with Crippen molar-refractivity contribution in [3.63, 3.8) is 0 Å². The van der Waals surface area contributed by atoms with Crippen molar-refractivity contribution in [3.05, 3.63) is 29.1 Å². The Hall–Kier alpha value is -1.24. The smallest absolute Gasteiger partial charge is 0.387 e. The molecule has 1 rings (SSSR count). The maximum absolute atomic E-state index is 13.3. The molecule has 0 saturated carbocycles. The van der Waals surface area contributed by atoms with Gasteiger partial charge in [0.15, 0.2) is 0 Å². The molecule has 0 aliphatic heterocycles. The number of halogens is 4. The van der Waals surface area contributed by atoms with E-state index in [4.69, 9.17) is 4.74 Å². The summed E-state index contributed by atoms with van der Waals surface area (Å²) in [5, 5.41) is 0.207. The van der Waals surface area contributed by atoms with Gasteiger partial charge in [-0.2, -0.15) is 8.78 Å². The van der Waals surface area contributed by atoms with Crippen LogP contribution in [0.4, 0.5) is 13.2 Å². The Balaban J connectivity index is 3.12. The number of rotatable bonds is 6. The SMILES string of the molecule is CCOC(=O)Cc1c(CBr)cc(F)cc1OC(F)F. The van der Waals surface area contributed by atoms with Gasteiger partial charge in [0.25, 0.3) is 0 Å². The van der Waals surface area contributed by atoms with Gasteiger partial charge in [-0.1, -0.05) is 15.9 Å². The van der Waals surface area contributed by atoms with Crippen molar-refractivity contribution in [2.75, 3.05) is 6.61 Å². The van der Waals surface area contributed by atoms with Crippen LogP contribution >= 0.6 is 15.9 Å². The number of carbonyl (C=O) groups excluding carboxylic acids is 1. The monoisotopic (exact) mass is 340 g/mol. The number of alkyl halides is 3. The Labute approximate surface area is 116 Å². The van der Waals surface area contributed by atoms with Crippen LogP contribution in [-0.4, -0.2) is 19.2 Å². The average Bonchev–Trinajstić information content (AvgIpc) is 2.31. The quantitative estimate of drug-likeness (QED) is 0.588. The molecule has 0 aliphatic rings. The van der Waals surface area contributed by atoms with E-state index >= 15 is 0 Å². The van der Waals surface area contributed by atoms with Crippen molar-refractivity contribution in [1.82, 2.24) is 0 Å². The Morgan fingerprint density at radius 2 is 2.11 bits per heavy atom. The lowest BCUT2D eigenvalue weighted by Gasteiger charge is -2.14. The molecule has 19 heavy (non-hydrogen) atoms. The van der Waals surface area contributed by atoms with Crippen LogP contribution in [0.5, 0.6) is 5.75 Å². The summed E-state index contributed by atoms with van der Waals surface area (Å²) in [5.74, 6) is -1.65. The highest BCUT2D eigenvalue weighted by Crippen LogP contribution is 2.28. The first kappa shape index (κ1) is 15.8. The van der Waals surface area contributed by atoms with Crippen LogP contribution in [-0.2, 0) is 21.3 Å². The summed E-state index contributed by atoms with van der Waals surface area (Å²) in [7, 11) is 0. The van der Waals surface area contributed by atoms with E-state index in [1.54, 1.807) is 6.92 Å². The zero-order valence-corrected chi connectivity index (χ0v) is 11.7. The van der Waals surface area contributed by atoms with Crippen molar-refractivity contribution in [3.8, 4) is 5.75 Å². The second kappa shape index (κ2) is 7.37. The standard InChI is InChI=1S/C12H12BrF3O3/c1-2-18-11(17)5-9-7(6-13)3-8(14)4-10(9)19-12(15)16/h3-4,12H,2,5-6H2,1H3. The van der Waals surface area contributed by atoms with Gasteiger partial charge in [0.2, 0.25) is 0 Å². The highest BCUT2D eigenvalue weighted by Gasteiger charge is 2.18. The summed E-state index contributed by atoms with van der Waals surface area (Å²) in [5.41, 5.74) is 0.556. The number of hydrogen-bond acceptors (Lipinski definition) is 3. The van der Waals surface area contributed by atoms with E-state index in [1.807, 2.05) is 0 Å². The summed E-state index contributed by atoms with van der Waals surface area (Å²) in [6.07, 6.45) is -0.253. The Kier molecular flexibility index (Phi) is 6.14. The molecule has 0 atom stereocenters. The number of esters is 1. The fraction of sp³-hybridized carbons (Fsp3) is 0.417. The third kappa shape index (κ3) is 4.74. The lowest BCUT2D eigenvalue weighted by molar-refractivity contribution is -0.142. The van der Waals surface area contributed by atoms with Crippen molar-refractivity contribution in [1.29, 1.82) is 0 Å². The van der Waals surface area contributed by atoms with E-state index in [9.17, 15) is 18.0 Å². The molecule has 0 unspecified atom stereocenters. The largest absolute Gasteiger partial charge is 0.466 e. The second-order valence-corrected chi connectivity index (χ2v) is 4.10. The van der Waals surface area contributed by atoms with Crippen molar-refractivity contribution < 1.29 is 27.4 Å². The molecule has 3 nitrogen and oxygen atoms in total. The third-order valence-electron chi connectivity index (χ3n) is 2.25. The Morgan fingerprint density at radius 3 is 2.63 bits per heavy atom. The summed E-state index contributed by atoms with van der Waals surface area (Å²) < 4.78 is 46.8. The van der Waals surface area contributed by atoms with E-state index in [1.165, 1.54) is 0 Å². The van der Waals surface area contributed by atoms with Crippen LogP contribution in [0.3, 0.4) is 0 Å². The molecule has 0 bridgehead atoms. The molecular weight excluding hydrogens is 329 g/mol. The van der Waals surface area contributed by atoms with Gasteiger partial charge < -0.3 is 9.47 Å². The minimum atomic E-state index is -3.09. The lowest BCUT2D eigenvalue weighted by Crippen LogP contribution is -2.13. The molecule has 7 heteroatoms. The number of ether oxygens (including phenoxy) is 2. The summed E-state index contributed by atoms with van der Waals surface area (Å²) in [6.45, 7) is -1.29. The van der Waals surface area contributed by atoms with E-state index < -0.39 is 18.4 Å². The predicted octanol–water partition coefficient (Wildman–Crippen LogP) is 3.43. The van der Waals surface area contributed by atoms with Crippen molar-refractivity contribution in [2.45, 2.75) is 25.3 Å². The fourth-order valence-corrected chi connectivity index (χ4v) is 2.04. The molecule has 0 aromatic heterocycles. The van der Waals surface area contributed by atoms with E-state index in [-0.39, 0.29) is 29.7 Å². The Morgan fingerprint density at radius 1 is 1.42 bits per heavy atom. The van der Waals surface area contributed by atoms with E-state index in [0.29, 0.717) is 5.56 Å². The first-order chi connectivity index (χ1) is 8.97. The summed E-state index contributed by atoms with van der Waals surface area (Å²) in [6, 6.07) is 1.98. The normalized spacial score (nSPS) is 10.6. The molecular formula is C12H12BrF3O3. The van der Waals surface area contributed by atoms with Gasteiger partial charge in [0.1, 0.15) is 11.6 Å². The van der Waals surface area contributed by atoms with Gasteiger partial charge in [-0.05, 0) is 18.6 Å². The molecule has 0 saturated heterocycles. The predicted molar refractivity (Wildman–Crippen MR) is 66.0 cm³/mol. The van der Waals surface area contributed by atoms with Crippen LogP contribution < -0.4 is 4.74 Å². The molecule has 0 heterocycles. The van der Waals surface area contributed by atoms with Gasteiger partial charge in [-0.15, -0.1) is 0 Å². The maximum Gasteiger partial charge on any atom is 0.387 e.